The summed E-state index contributed by atoms with van der Waals surface area (Å²) in [6, 6.07) is 9.58. The van der Waals surface area contributed by atoms with E-state index in [9.17, 15) is 67.7 Å². The van der Waals surface area contributed by atoms with Gasteiger partial charge in [-0.1, -0.05) is 96.5 Å². The predicted octanol–water partition coefficient (Wildman–Crippen LogP) is 1.78. The Morgan fingerprint density at radius 1 is 0.546 bits per heavy atom. The number of primary amides is 1. The minimum Gasteiger partial charge on any atom is -0.508 e. The number of aromatic nitrogens is 4. The van der Waals surface area contributed by atoms with Crippen molar-refractivity contribution in [3.05, 3.63) is 143 Å². The van der Waals surface area contributed by atoms with E-state index in [4.69, 9.17) is 11.5 Å². The Morgan fingerprint density at radius 3 is 1.62 bits per heavy atom. The Kier molecular flexibility index (Phi) is 33.0. The second-order valence-corrected chi connectivity index (χ2v) is 29.7. The van der Waals surface area contributed by atoms with Crippen molar-refractivity contribution in [2.75, 3.05) is 24.6 Å². The number of rotatable bonds is 17. The van der Waals surface area contributed by atoms with Gasteiger partial charge in [0.05, 0.1) is 12.9 Å². The van der Waals surface area contributed by atoms with Gasteiger partial charge in [-0.15, -0.1) is 0 Å². The van der Waals surface area contributed by atoms with E-state index in [-0.39, 0.29) is 81.6 Å². The van der Waals surface area contributed by atoms with Crippen molar-refractivity contribution in [1.29, 1.82) is 0 Å². The topological polar surface area (TPSA) is 487 Å². The number of thioether (sulfide) groups is 2. The lowest BCUT2D eigenvalue weighted by Gasteiger charge is -2.32. The molecule has 3 aromatic heterocycles. The van der Waals surface area contributed by atoms with Crippen LogP contribution in [0.5, 0.6) is 11.5 Å². The highest BCUT2D eigenvalue weighted by Gasteiger charge is 2.38. The fourth-order valence-corrected chi connectivity index (χ4v) is 13.8. The zero-order valence-corrected chi connectivity index (χ0v) is 63.2. The number of carbonyl (C=O) groups is 12. The molecule has 4 heterocycles. The lowest BCUT2D eigenvalue weighted by molar-refractivity contribution is -0.136. The molecule has 3 aromatic carbocycles. The fourth-order valence-electron chi connectivity index (χ4n) is 11.9. The summed E-state index contributed by atoms with van der Waals surface area (Å²) < 4.78 is 0. The zero-order valence-electron chi connectivity index (χ0n) is 61.6. The number of phenols is 2. The Bertz CT molecular complexity index is 4040. The van der Waals surface area contributed by atoms with Crippen LogP contribution in [0, 0.1) is 5.41 Å². The highest BCUT2D eigenvalue weighted by Crippen LogP contribution is 2.24. The number of hydrogen-bond acceptors (Lipinski definition) is 19. The van der Waals surface area contributed by atoms with E-state index in [1.807, 2.05) is 24.3 Å². The molecule has 0 saturated carbocycles. The van der Waals surface area contributed by atoms with Crippen molar-refractivity contribution in [1.82, 2.24) is 78.4 Å². The minimum absolute atomic E-state index is 0.00609. The maximum absolute atomic E-state index is 14.9. The third kappa shape index (κ3) is 26.7. The molecular formula is C75H101N17O14S2. The van der Waals surface area contributed by atoms with Gasteiger partial charge >= 0.3 is 0 Å². The van der Waals surface area contributed by atoms with Crippen LogP contribution in [0.2, 0.25) is 0 Å². The number of benzene rings is 3. The van der Waals surface area contributed by atoms with Gasteiger partial charge in [0.25, 0.3) is 0 Å². The molecule has 0 aliphatic carbocycles. The number of amides is 12. The van der Waals surface area contributed by atoms with Crippen molar-refractivity contribution < 1.29 is 67.7 Å². The molecule has 0 unspecified atom stereocenters. The Morgan fingerprint density at radius 2 is 1.06 bits per heavy atom. The van der Waals surface area contributed by atoms with E-state index >= 15 is 0 Å². The number of carbonyl (C=O) groups excluding carboxylic acids is 12. The zero-order chi connectivity index (χ0) is 78.5. The highest BCUT2D eigenvalue weighted by molar-refractivity contribution is 7.98. The van der Waals surface area contributed by atoms with Gasteiger partial charge < -0.3 is 90.1 Å². The maximum atomic E-state index is 14.9. The summed E-state index contributed by atoms with van der Waals surface area (Å²) in [6.07, 6.45) is 6.43. The molecule has 7 rings (SSSR count). The predicted molar refractivity (Wildman–Crippen MR) is 408 cm³/mol. The number of imidazole rings is 1. The number of nitrogens with zero attached hydrogens (tertiary/aromatic N) is 2. The molecule has 12 amide bonds. The summed E-state index contributed by atoms with van der Waals surface area (Å²) in [5.74, 6) is -8.17. The normalized spacial score (nSPS) is 22.8. The molecule has 0 spiro atoms. The highest BCUT2D eigenvalue weighted by atomic mass is 32.2. The number of nitrogens with one attached hydrogen (secondary N) is 13. The molecule has 33 heteroatoms. The van der Waals surface area contributed by atoms with E-state index in [1.54, 1.807) is 78.2 Å². The number of aromatic hydroxyl groups is 2. The van der Waals surface area contributed by atoms with Gasteiger partial charge in [0, 0.05) is 84.8 Å². The average Bonchev–Trinajstić information content (AvgIpc) is 1.48. The number of nitrogens with two attached hydrogens (primary N) is 2. The second-order valence-electron chi connectivity index (χ2n) is 27.6. The Labute approximate surface area is 635 Å². The largest absolute Gasteiger partial charge is 0.508 e. The molecule has 19 N–H and O–H groups in total. The molecule has 0 fully saturated rings. The van der Waals surface area contributed by atoms with Gasteiger partial charge in [0.1, 0.15) is 77.6 Å². The molecule has 31 nitrogen and oxygen atoms in total. The lowest BCUT2D eigenvalue weighted by atomic mass is 9.85. The number of H-pyrrole nitrogens is 2. The van der Waals surface area contributed by atoms with Gasteiger partial charge in [-0.2, -0.15) is 23.5 Å². The van der Waals surface area contributed by atoms with Crippen LogP contribution in [0.25, 0.3) is 11.0 Å². The second kappa shape index (κ2) is 42.1. The molecule has 1 aliphatic heterocycles. The van der Waals surface area contributed by atoms with Crippen LogP contribution in [0.4, 0.5) is 0 Å². The first-order valence-corrected chi connectivity index (χ1v) is 38.4. The van der Waals surface area contributed by atoms with Crippen LogP contribution in [0.3, 0.4) is 0 Å². The van der Waals surface area contributed by atoms with E-state index in [0.717, 1.165) is 11.1 Å². The Hall–Kier alpha value is -10.5. The minimum atomic E-state index is -1.47. The third-order valence-corrected chi connectivity index (χ3v) is 20.1. The molecule has 2 bridgehead atoms. The first-order chi connectivity index (χ1) is 51.6. The van der Waals surface area contributed by atoms with Crippen molar-refractivity contribution in [2.45, 2.75) is 191 Å². The summed E-state index contributed by atoms with van der Waals surface area (Å²) in [5.41, 5.74) is 15.0. The van der Waals surface area contributed by atoms with Crippen LogP contribution in [0.15, 0.2) is 110 Å². The molecule has 1 aliphatic rings. The van der Waals surface area contributed by atoms with E-state index in [0.29, 0.717) is 69.9 Å². The molecule has 108 heavy (non-hydrogen) atoms. The van der Waals surface area contributed by atoms with Gasteiger partial charge in [-0.05, 0) is 115 Å². The number of fused-ring (bicyclic) bond motifs is 3. The fraction of sp³-hybridized carbons (Fsp3) is 0.467. The molecule has 0 saturated heterocycles. The van der Waals surface area contributed by atoms with E-state index < -0.39 is 143 Å². The third-order valence-electron chi connectivity index (χ3n) is 17.9. The maximum Gasteiger partial charge on any atom is 0.243 e. The lowest BCUT2D eigenvalue weighted by Crippen LogP contribution is -2.61. The summed E-state index contributed by atoms with van der Waals surface area (Å²) in [6.45, 7) is 9.74. The molecular weight excluding hydrogens is 1430 g/mol. The van der Waals surface area contributed by atoms with Crippen molar-refractivity contribution >= 4 is 105 Å². The standard InChI is InChI=1S/C75H101N17O14S2/c1-7-14-54-69(101)84-53(9-3)68(100)91-60(64(77)97)41-108-40-46-16-12-15-45(31-46)39-107-30-27-61(95)92-63(75(4,5)6)74(106)90-57(33-44-21-25-50(94)26-22-44)71(103)89-59(35-48-37-78-42-82-48)73(105)85-52(8-2)67(99)88-58(34-47-36-80-65-51(47)17-13-29-79-65)72(104)87-55(18-10-11-28-76)66(98)81-38-62(96)83-56(70(102)86-54)32-43-19-23-49(93)24-20-43/h12-13,15-17,19-26,29,31,36-37,42,52-60,63,93-94H,7-11,14,18,27-28,30,32-35,38-41,76H2,1-6H3,(H2,77,97)(H,78,82)(H,79,80)(H,81,98)(H,83,96)(H,84,101)(H,85,105)(H,86,102)(H,87,104)(H,88,99)(H,89,103)(H,90,106)(H,91,100)(H,92,95)/t52-,53-,54-,55-,56-,57-,58-,59-,60-,63+/m0/s1. The van der Waals surface area contributed by atoms with Gasteiger partial charge in [-0.3, -0.25) is 57.5 Å². The number of pyridine rings is 1. The first-order valence-electron chi connectivity index (χ1n) is 36.1. The number of unbranched alkanes of at least 4 members (excludes halogenated alkanes) is 1. The number of hydrogen-bond donors (Lipinski definition) is 17. The van der Waals surface area contributed by atoms with Gasteiger partial charge in [0.2, 0.25) is 70.9 Å². The van der Waals surface area contributed by atoms with Crippen molar-refractivity contribution in [3.63, 3.8) is 0 Å². The molecule has 6 aromatic rings. The van der Waals surface area contributed by atoms with E-state index in [2.05, 4.69) is 78.4 Å². The Balaban J connectivity index is 1.20. The average molecular weight is 1530 g/mol. The van der Waals surface area contributed by atoms with Crippen LogP contribution in [-0.4, -0.2) is 186 Å². The summed E-state index contributed by atoms with van der Waals surface area (Å²) >= 11 is 2.80. The summed E-state index contributed by atoms with van der Waals surface area (Å²) in [4.78, 5) is 186. The van der Waals surface area contributed by atoms with Crippen molar-refractivity contribution in [2.24, 2.45) is 16.9 Å². The first kappa shape index (κ1) is 84.7. The number of phenolic OH excluding ortho intramolecular Hbond substituents is 2. The monoisotopic (exact) mass is 1530 g/mol. The number of aromatic amines is 2. The summed E-state index contributed by atoms with van der Waals surface area (Å²) in [5, 5.41) is 50.9. The van der Waals surface area contributed by atoms with Crippen molar-refractivity contribution in [3.8, 4) is 11.5 Å². The molecule has 582 valence electrons. The van der Waals surface area contributed by atoms with E-state index in [1.165, 1.54) is 72.4 Å². The van der Waals surface area contributed by atoms with Crippen LogP contribution in [0.1, 0.15) is 126 Å². The summed E-state index contributed by atoms with van der Waals surface area (Å²) in [7, 11) is 0. The SMILES string of the molecule is CCC[C@@H]1NC(=O)[C@H](Cc2ccc(O)cc2)NC(=O)CNC(=O)[C@H](CCCCN)NC(=O)[C@H](Cc2c[nH]c3ncccc23)NC(=O)[C@H](CC)NC(=O)[C@H](Cc2cnc[nH]2)NC(=O)[C@H](Cc2ccc(O)cc2)NC(=O)[C@H](C(C)(C)C)NC(=O)CCSCc2cccc(c2)CSC[C@@H](C(N)=O)NC(=O)[C@H](CC)NC1=O. The quantitative estimate of drug-likeness (QED) is 0.0579. The van der Waals surface area contributed by atoms with Crippen LogP contribution in [-0.2, 0) is 94.7 Å². The smallest absolute Gasteiger partial charge is 0.243 e. The molecule has 0 radical (unpaired) electrons. The molecule has 10 atom stereocenters. The van der Waals surface area contributed by atoms with Crippen LogP contribution >= 0.6 is 23.5 Å². The van der Waals surface area contributed by atoms with Crippen LogP contribution < -0.4 is 70.0 Å². The van der Waals surface area contributed by atoms with Gasteiger partial charge in [0.15, 0.2) is 0 Å². The van der Waals surface area contributed by atoms with Gasteiger partial charge in [-0.25, -0.2) is 9.97 Å².